The van der Waals surface area contributed by atoms with Crippen molar-refractivity contribution in [2.24, 2.45) is 7.05 Å². The first-order valence-electron chi connectivity index (χ1n) is 8.34. The van der Waals surface area contributed by atoms with Crippen LogP contribution in [0, 0.1) is 13.8 Å². The van der Waals surface area contributed by atoms with Crippen LogP contribution in [-0.4, -0.2) is 50.9 Å². The van der Waals surface area contributed by atoms with Gasteiger partial charge in [0, 0.05) is 57.2 Å². The van der Waals surface area contributed by atoms with Gasteiger partial charge in [0.15, 0.2) is 5.11 Å². The lowest BCUT2D eigenvalue weighted by atomic mass is 10.1. The number of hydrogen-bond donors (Lipinski definition) is 1. The van der Waals surface area contributed by atoms with Crippen molar-refractivity contribution in [3.63, 3.8) is 0 Å². The minimum atomic E-state index is 0.824. The van der Waals surface area contributed by atoms with Crippen molar-refractivity contribution in [2.75, 3.05) is 31.5 Å². The molecule has 5 nitrogen and oxygen atoms in total. The average Bonchev–Trinajstić information content (AvgIpc) is 2.96. The van der Waals surface area contributed by atoms with Crippen LogP contribution < -0.4 is 5.32 Å². The van der Waals surface area contributed by atoms with Gasteiger partial charge >= 0.3 is 0 Å². The molecule has 1 saturated heterocycles. The molecule has 0 radical (unpaired) electrons. The summed E-state index contributed by atoms with van der Waals surface area (Å²) in [7, 11) is 1.96. The molecule has 128 valence electrons. The summed E-state index contributed by atoms with van der Waals surface area (Å²) in [6, 6.07) is 6.41. The van der Waals surface area contributed by atoms with Gasteiger partial charge in [0.05, 0.1) is 6.20 Å². The van der Waals surface area contributed by atoms with Gasteiger partial charge in [0.25, 0.3) is 0 Å². The summed E-state index contributed by atoms with van der Waals surface area (Å²) in [5.74, 6) is 0. The second-order valence-electron chi connectivity index (χ2n) is 6.53. The molecule has 1 aromatic heterocycles. The molecule has 0 spiro atoms. The summed E-state index contributed by atoms with van der Waals surface area (Å²) >= 11 is 5.61. The fraction of sp³-hybridized carbons (Fsp3) is 0.444. The number of thiocarbonyl (C=S) groups is 1. The molecule has 0 aliphatic carbocycles. The van der Waals surface area contributed by atoms with E-state index in [0.717, 1.165) is 43.5 Å². The molecular weight excluding hydrogens is 318 g/mol. The lowest BCUT2D eigenvalue weighted by Gasteiger charge is -2.36. The minimum absolute atomic E-state index is 0.824. The maximum Gasteiger partial charge on any atom is 0.173 e. The molecule has 1 fully saturated rings. The van der Waals surface area contributed by atoms with Crippen LogP contribution in [0.2, 0.25) is 0 Å². The van der Waals surface area contributed by atoms with Crippen molar-refractivity contribution >= 4 is 23.0 Å². The zero-order valence-corrected chi connectivity index (χ0v) is 15.4. The SMILES string of the molecule is Cc1ccc(C)c(NC(=S)N2CCN(Cc3cnn(C)c3)CC2)c1. The van der Waals surface area contributed by atoms with E-state index in [4.69, 9.17) is 12.2 Å². The van der Waals surface area contributed by atoms with Crippen molar-refractivity contribution in [3.05, 3.63) is 47.3 Å². The molecule has 1 aliphatic rings. The molecule has 0 atom stereocenters. The quantitative estimate of drug-likeness (QED) is 0.867. The first-order valence-corrected chi connectivity index (χ1v) is 8.75. The minimum Gasteiger partial charge on any atom is -0.346 e. The van der Waals surface area contributed by atoms with E-state index in [1.807, 2.05) is 17.9 Å². The van der Waals surface area contributed by atoms with Gasteiger partial charge in [-0.25, -0.2) is 0 Å². The maximum atomic E-state index is 5.61. The van der Waals surface area contributed by atoms with Crippen molar-refractivity contribution < 1.29 is 0 Å². The maximum absolute atomic E-state index is 5.61. The zero-order chi connectivity index (χ0) is 17.1. The van der Waals surface area contributed by atoms with E-state index in [0.29, 0.717) is 0 Å². The number of benzene rings is 1. The Morgan fingerprint density at radius 1 is 1.21 bits per heavy atom. The third-order valence-corrected chi connectivity index (χ3v) is 4.82. The van der Waals surface area contributed by atoms with Crippen molar-refractivity contribution in [3.8, 4) is 0 Å². The Kier molecular flexibility index (Phi) is 5.16. The molecule has 3 rings (SSSR count). The predicted octanol–water partition coefficient (Wildman–Crippen LogP) is 2.55. The first kappa shape index (κ1) is 16.9. The molecule has 2 aromatic rings. The van der Waals surface area contributed by atoms with Crippen molar-refractivity contribution in [1.29, 1.82) is 0 Å². The zero-order valence-electron chi connectivity index (χ0n) is 14.6. The van der Waals surface area contributed by atoms with Crippen LogP contribution in [0.15, 0.2) is 30.6 Å². The van der Waals surface area contributed by atoms with E-state index in [2.05, 4.69) is 58.5 Å². The highest BCUT2D eigenvalue weighted by Gasteiger charge is 2.19. The molecule has 0 unspecified atom stereocenters. The van der Waals surface area contributed by atoms with Gasteiger partial charge in [-0.1, -0.05) is 12.1 Å². The lowest BCUT2D eigenvalue weighted by molar-refractivity contribution is 0.177. The van der Waals surface area contributed by atoms with Crippen LogP contribution in [0.25, 0.3) is 0 Å². The van der Waals surface area contributed by atoms with E-state index >= 15 is 0 Å². The average molecular weight is 344 g/mol. The summed E-state index contributed by atoms with van der Waals surface area (Å²) in [6.45, 7) is 9.11. The van der Waals surface area contributed by atoms with E-state index < -0.39 is 0 Å². The summed E-state index contributed by atoms with van der Waals surface area (Å²) in [6.07, 6.45) is 4.03. The highest BCUT2D eigenvalue weighted by Crippen LogP contribution is 2.17. The third kappa shape index (κ3) is 4.13. The number of aryl methyl sites for hydroxylation is 3. The summed E-state index contributed by atoms with van der Waals surface area (Å²) in [5, 5.41) is 8.47. The first-order chi connectivity index (χ1) is 11.5. The number of piperazine rings is 1. The van der Waals surface area contributed by atoms with Gasteiger partial charge < -0.3 is 10.2 Å². The Morgan fingerprint density at radius 2 is 1.96 bits per heavy atom. The molecule has 0 bridgehead atoms. The fourth-order valence-corrected chi connectivity index (χ4v) is 3.28. The summed E-state index contributed by atoms with van der Waals surface area (Å²) in [5.41, 5.74) is 4.84. The van der Waals surface area contributed by atoms with Gasteiger partial charge in [-0.3, -0.25) is 9.58 Å². The van der Waals surface area contributed by atoms with Gasteiger partial charge in [0.1, 0.15) is 0 Å². The van der Waals surface area contributed by atoms with E-state index in [1.165, 1.54) is 16.7 Å². The Hall–Kier alpha value is -1.92. The van der Waals surface area contributed by atoms with Gasteiger partial charge in [-0.15, -0.1) is 0 Å². The van der Waals surface area contributed by atoms with Crippen LogP contribution in [0.5, 0.6) is 0 Å². The van der Waals surface area contributed by atoms with E-state index in [-0.39, 0.29) is 0 Å². The number of rotatable bonds is 3. The number of nitrogens with zero attached hydrogens (tertiary/aromatic N) is 4. The number of anilines is 1. The molecule has 1 N–H and O–H groups in total. The molecule has 0 saturated carbocycles. The van der Waals surface area contributed by atoms with Crippen LogP contribution in [0.1, 0.15) is 16.7 Å². The fourth-order valence-electron chi connectivity index (χ4n) is 2.99. The smallest absolute Gasteiger partial charge is 0.173 e. The molecule has 24 heavy (non-hydrogen) atoms. The summed E-state index contributed by atoms with van der Waals surface area (Å²) in [4.78, 5) is 4.71. The van der Waals surface area contributed by atoms with Gasteiger partial charge in [0.2, 0.25) is 0 Å². The topological polar surface area (TPSA) is 36.3 Å². The molecule has 1 aliphatic heterocycles. The van der Waals surface area contributed by atoms with Gasteiger partial charge in [-0.2, -0.15) is 5.10 Å². The monoisotopic (exact) mass is 343 g/mol. The van der Waals surface area contributed by atoms with Crippen LogP contribution in [0.3, 0.4) is 0 Å². The number of nitrogens with one attached hydrogen (secondary N) is 1. The highest BCUT2D eigenvalue weighted by atomic mass is 32.1. The molecule has 0 amide bonds. The van der Waals surface area contributed by atoms with E-state index in [9.17, 15) is 0 Å². The molecule has 6 heteroatoms. The third-order valence-electron chi connectivity index (χ3n) is 4.46. The Bertz CT molecular complexity index is 716. The van der Waals surface area contributed by atoms with Gasteiger partial charge in [-0.05, 0) is 43.3 Å². The number of hydrogen-bond acceptors (Lipinski definition) is 3. The van der Waals surface area contributed by atoms with Crippen LogP contribution in [-0.2, 0) is 13.6 Å². The largest absolute Gasteiger partial charge is 0.346 e. The molecule has 1 aromatic carbocycles. The Morgan fingerprint density at radius 3 is 2.62 bits per heavy atom. The van der Waals surface area contributed by atoms with Crippen molar-refractivity contribution in [2.45, 2.75) is 20.4 Å². The van der Waals surface area contributed by atoms with Crippen LogP contribution >= 0.6 is 12.2 Å². The van der Waals surface area contributed by atoms with E-state index in [1.54, 1.807) is 0 Å². The standard InChI is InChI=1S/C18H25N5S/c1-14-4-5-15(2)17(10-14)20-18(24)23-8-6-22(7-9-23)13-16-11-19-21(3)12-16/h4-5,10-12H,6-9,13H2,1-3H3,(H,20,24). The van der Waals surface area contributed by atoms with Crippen molar-refractivity contribution in [1.82, 2.24) is 19.6 Å². The molecule has 2 heterocycles. The molecular formula is C18H25N5S. The van der Waals surface area contributed by atoms with Crippen LogP contribution in [0.4, 0.5) is 5.69 Å². The normalized spacial score (nSPS) is 15.5. The second kappa shape index (κ2) is 7.32. The Balaban J connectivity index is 1.52. The Labute approximate surface area is 149 Å². The highest BCUT2D eigenvalue weighted by molar-refractivity contribution is 7.80. The lowest BCUT2D eigenvalue weighted by Crippen LogP contribution is -2.49. The second-order valence-corrected chi connectivity index (χ2v) is 6.92. The number of aromatic nitrogens is 2. The predicted molar refractivity (Wildman–Crippen MR) is 102 cm³/mol. The summed E-state index contributed by atoms with van der Waals surface area (Å²) < 4.78 is 1.86.